The molecule has 7 heteroatoms. The second-order valence-corrected chi connectivity index (χ2v) is 6.44. The molecule has 0 aliphatic carbocycles. The molecule has 1 aromatic carbocycles. The molecule has 0 radical (unpaired) electrons. The van der Waals surface area contributed by atoms with Gasteiger partial charge in [-0.2, -0.15) is 5.10 Å². The van der Waals surface area contributed by atoms with Crippen LogP contribution in [0.25, 0.3) is 0 Å². The summed E-state index contributed by atoms with van der Waals surface area (Å²) in [6, 6.07) is 8.09. The molecule has 1 fully saturated rings. The number of benzene rings is 1. The van der Waals surface area contributed by atoms with Gasteiger partial charge in [-0.1, -0.05) is 12.1 Å². The molecule has 0 saturated carbocycles. The van der Waals surface area contributed by atoms with E-state index in [1.807, 2.05) is 23.0 Å². The van der Waals surface area contributed by atoms with Crippen molar-refractivity contribution in [1.82, 2.24) is 20.0 Å². The Hall–Kier alpha value is -2.54. The Kier molecular flexibility index (Phi) is 4.31. The second kappa shape index (κ2) is 6.76. The molecular formula is C18H22N4O3. The third-order valence-corrected chi connectivity index (χ3v) is 4.79. The van der Waals surface area contributed by atoms with E-state index in [4.69, 9.17) is 9.47 Å². The van der Waals surface area contributed by atoms with E-state index in [2.05, 4.69) is 21.4 Å². The van der Waals surface area contributed by atoms with Crippen LogP contribution in [0.1, 0.15) is 34.9 Å². The van der Waals surface area contributed by atoms with Crippen molar-refractivity contribution in [3.63, 3.8) is 0 Å². The van der Waals surface area contributed by atoms with Crippen LogP contribution in [0.3, 0.4) is 0 Å². The van der Waals surface area contributed by atoms with E-state index < -0.39 is 0 Å². The molecule has 1 N–H and O–H groups in total. The van der Waals surface area contributed by atoms with Crippen LogP contribution < -0.4 is 14.8 Å². The van der Waals surface area contributed by atoms with Crippen molar-refractivity contribution in [2.45, 2.75) is 25.4 Å². The number of carbonyl (C=O) groups is 1. The number of aromatic nitrogens is 2. The molecule has 1 aromatic heterocycles. The zero-order valence-electron chi connectivity index (χ0n) is 14.3. The Balaban J connectivity index is 1.46. The van der Waals surface area contributed by atoms with Gasteiger partial charge in [-0.25, -0.2) is 0 Å². The lowest BCUT2D eigenvalue weighted by Gasteiger charge is -2.33. The Bertz CT molecular complexity index is 773. The van der Waals surface area contributed by atoms with Gasteiger partial charge in [0.25, 0.3) is 5.91 Å². The summed E-state index contributed by atoms with van der Waals surface area (Å²) in [7, 11) is 1.62. The average molecular weight is 342 g/mol. The summed E-state index contributed by atoms with van der Waals surface area (Å²) in [5.41, 5.74) is 1.62. The van der Waals surface area contributed by atoms with Gasteiger partial charge in [0.2, 0.25) is 6.79 Å². The fourth-order valence-electron chi connectivity index (χ4n) is 3.54. The van der Waals surface area contributed by atoms with Gasteiger partial charge in [0.05, 0.1) is 6.04 Å². The molecule has 3 heterocycles. The summed E-state index contributed by atoms with van der Waals surface area (Å²) >= 11 is 0. The lowest BCUT2D eigenvalue weighted by molar-refractivity contribution is 0.0955. The number of amides is 1. The van der Waals surface area contributed by atoms with Crippen molar-refractivity contribution < 1.29 is 14.3 Å². The van der Waals surface area contributed by atoms with Gasteiger partial charge in [0.1, 0.15) is 5.69 Å². The van der Waals surface area contributed by atoms with Crippen molar-refractivity contribution in [3.8, 4) is 11.5 Å². The van der Waals surface area contributed by atoms with E-state index in [1.54, 1.807) is 13.1 Å². The lowest BCUT2D eigenvalue weighted by atomic mass is 10.0. The monoisotopic (exact) mass is 342 g/mol. The molecule has 2 aliphatic heterocycles. The third-order valence-electron chi connectivity index (χ3n) is 4.79. The van der Waals surface area contributed by atoms with Gasteiger partial charge in [-0.15, -0.1) is 0 Å². The molecule has 7 nitrogen and oxygen atoms in total. The van der Waals surface area contributed by atoms with E-state index >= 15 is 0 Å². The number of ether oxygens (including phenoxy) is 2. The zero-order valence-corrected chi connectivity index (χ0v) is 14.3. The maximum Gasteiger partial charge on any atom is 0.271 e. The number of hydrogen-bond acceptors (Lipinski definition) is 5. The molecule has 1 saturated heterocycles. The van der Waals surface area contributed by atoms with Crippen LogP contribution in [-0.4, -0.2) is 47.5 Å². The number of likely N-dealkylation sites (tertiary alicyclic amines) is 1. The quantitative estimate of drug-likeness (QED) is 0.918. The molecule has 0 unspecified atom stereocenters. The molecule has 132 valence electrons. The Labute approximate surface area is 146 Å². The van der Waals surface area contributed by atoms with Gasteiger partial charge in [-0.3, -0.25) is 14.4 Å². The molecule has 25 heavy (non-hydrogen) atoms. The number of piperidine rings is 1. The minimum Gasteiger partial charge on any atom is -0.454 e. The number of nitrogens with zero attached hydrogens (tertiary/aromatic N) is 3. The summed E-state index contributed by atoms with van der Waals surface area (Å²) in [5.74, 6) is 1.54. The lowest BCUT2D eigenvalue weighted by Crippen LogP contribution is -2.36. The molecule has 1 atom stereocenters. The van der Waals surface area contributed by atoms with E-state index in [9.17, 15) is 4.79 Å². The minimum atomic E-state index is -0.150. The summed E-state index contributed by atoms with van der Waals surface area (Å²) in [6.45, 7) is 3.07. The first kappa shape index (κ1) is 16.0. The van der Waals surface area contributed by atoms with Crippen molar-refractivity contribution in [3.05, 3.63) is 41.7 Å². The van der Waals surface area contributed by atoms with E-state index in [0.29, 0.717) is 12.5 Å². The van der Waals surface area contributed by atoms with Gasteiger partial charge >= 0.3 is 0 Å². The van der Waals surface area contributed by atoms with Crippen LogP contribution in [0.2, 0.25) is 0 Å². The minimum absolute atomic E-state index is 0.150. The SMILES string of the molecule is CNC(=O)c1ccn([C@@H]2CCCN(Cc3cccc4c3OCO4)C2)n1. The average Bonchev–Trinajstić information content (AvgIpc) is 3.31. The summed E-state index contributed by atoms with van der Waals surface area (Å²) in [4.78, 5) is 14.1. The number of hydrogen-bond donors (Lipinski definition) is 1. The van der Waals surface area contributed by atoms with Crippen molar-refractivity contribution in [1.29, 1.82) is 0 Å². The maximum absolute atomic E-state index is 11.7. The smallest absolute Gasteiger partial charge is 0.271 e. The highest BCUT2D eigenvalue weighted by Crippen LogP contribution is 2.36. The van der Waals surface area contributed by atoms with Gasteiger partial charge in [0.15, 0.2) is 11.5 Å². The Morgan fingerprint density at radius 2 is 2.28 bits per heavy atom. The summed E-state index contributed by atoms with van der Waals surface area (Å²) < 4.78 is 13.0. The van der Waals surface area contributed by atoms with E-state index in [1.165, 1.54) is 0 Å². The summed E-state index contributed by atoms with van der Waals surface area (Å²) in [6.07, 6.45) is 4.07. The highest BCUT2D eigenvalue weighted by molar-refractivity contribution is 5.91. The first-order valence-corrected chi connectivity index (χ1v) is 8.61. The highest BCUT2D eigenvalue weighted by Gasteiger charge is 2.25. The van der Waals surface area contributed by atoms with E-state index in [0.717, 1.165) is 49.5 Å². The van der Waals surface area contributed by atoms with E-state index in [-0.39, 0.29) is 11.9 Å². The van der Waals surface area contributed by atoms with Crippen molar-refractivity contribution >= 4 is 5.91 Å². The fraction of sp³-hybridized carbons (Fsp3) is 0.444. The number of para-hydroxylation sites is 1. The van der Waals surface area contributed by atoms with Crippen LogP contribution >= 0.6 is 0 Å². The first-order valence-electron chi connectivity index (χ1n) is 8.61. The van der Waals surface area contributed by atoms with Crippen molar-refractivity contribution in [2.75, 3.05) is 26.9 Å². The number of rotatable bonds is 4. The second-order valence-electron chi connectivity index (χ2n) is 6.44. The molecule has 4 rings (SSSR count). The Morgan fingerprint density at radius 3 is 3.16 bits per heavy atom. The van der Waals surface area contributed by atoms with Gasteiger partial charge < -0.3 is 14.8 Å². The normalized spacial score (nSPS) is 19.8. The highest BCUT2D eigenvalue weighted by atomic mass is 16.7. The predicted octanol–water partition coefficient (Wildman–Crippen LogP) is 1.81. The van der Waals surface area contributed by atoms with Crippen LogP contribution in [0.5, 0.6) is 11.5 Å². The van der Waals surface area contributed by atoms with Crippen LogP contribution in [0, 0.1) is 0 Å². The van der Waals surface area contributed by atoms with Gasteiger partial charge in [-0.05, 0) is 31.5 Å². The maximum atomic E-state index is 11.7. The summed E-state index contributed by atoms with van der Waals surface area (Å²) in [5, 5.41) is 7.05. The number of nitrogens with one attached hydrogen (secondary N) is 1. The number of fused-ring (bicyclic) bond motifs is 1. The Morgan fingerprint density at radius 1 is 1.36 bits per heavy atom. The molecular weight excluding hydrogens is 320 g/mol. The van der Waals surface area contributed by atoms with Crippen molar-refractivity contribution in [2.24, 2.45) is 0 Å². The van der Waals surface area contributed by atoms with Crippen LogP contribution in [-0.2, 0) is 6.54 Å². The fourth-order valence-corrected chi connectivity index (χ4v) is 3.54. The van der Waals surface area contributed by atoms with Gasteiger partial charge in [0, 0.05) is 31.9 Å². The molecule has 2 aromatic rings. The zero-order chi connectivity index (χ0) is 17.2. The topological polar surface area (TPSA) is 68.6 Å². The standard InChI is InChI=1S/C18H22N4O3/c1-19-18(23)15-7-9-22(20-15)14-5-3-8-21(11-14)10-13-4-2-6-16-17(13)25-12-24-16/h2,4,6-7,9,14H,3,5,8,10-12H2,1H3,(H,19,23)/t14-/m1/s1. The van der Waals surface area contributed by atoms with Crippen LogP contribution in [0.4, 0.5) is 0 Å². The predicted molar refractivity (Wildman–Crippen MR) is 91.7 cm³/mol. The van der Waals surface area contributed by atoms with Crippen LogP contribution in [0.15, 0.2) is 30.5 Å². The molecule has 2 aliphatic rings. The first-order chi connectivity index (χ1) is 12.2. The third kappa shape index (κ3) is 3.19. The molecule has 1 amide bonds. The number of carbonyl (C=O) groups excluding carboxylic acids is 1. The molecule has 0 bridgehead atoms. The largest absolute Gasteiger partial charge is 0.454 e. The molecule has 0 spiro atoms.